The highest BCUT2D eigenvalue weighted by molar-refractivity contribution is 7.27. The van der Waals surface area contributed by atoms with E-state index in [9.17, 15) is 9.59 Å². The van der Waals surface area contributed by atoms with Gasteiger partial charge in [-0.05, 0) is 67.3 Å². The molecule has 1 fully saturated rings. The highest BCUT2D eigenvalue weighted by atomic mass is 31.0. The number of allylic oxidation sites excluding steroid dienone is 2. The van der Waals surface area contributed by atoms with E-state index in [1.54, 1.807) is 12.1 Å². The summed E-state index contributed by atoms with van der Waals surface area (Å²) < 4.78 is 0. The fourth-order valence-corrected chi connectivity index (χ4v) is 2.92. The molecule has 7 heteroatoms. The maximum absolute atomic E-state index is 12.4. The molecule has 1 aromatic carbocycles. The molecule has 6 N–H and O–H groups in total. The van der Waals surface area contributed by atoms with Crippen molar-refractivity contribution in [3.63, 3.8) is 0 Å². The van der Waals surface area contributed by atoms with Crippen molar-refractivity contribution < 1.29 is 9.59 Å². The van der Waals surface area contributed by atoms with Crippen molar-refractivity contribution >= 4 is 32.1 Å². The number of nitrogens with two attached hydrogens (primary N) is 2. The summed E-state index contributed by atoms with van der Waals surface area (Å²) in [5, 5.41) is 6.67. The van der Waals surface area contributed by atoms with E-state index in [4.69, 9.17) is 11.5 Å². The summed E-state index contributed by atoms with van der Waals surface area (Å²) in [7, 11) is 2.64. The number of hydrogen-bond acceptors (Lipinski definition) is 4. The van der Waals surface area contributed by atoms with Crippen molar-refractivity contribution in [2.45, 2.75) is 46.1 Å². The van der Waals surface area contributed by atoms with Crippen LogP contribution >= 0.6 is 9.24 Å². The lowest BCUT2D eigenvalue weighted by molar-refractivity contribution is -0.117. The van der Waals surface area contributed by atoms with Gasteiger partial charge in [-0.25, -0.2) is 0 Å². The minimum Gasteiger partial charge on any atom is -0.398 e. The average molecular weight is 402 g/mol. The molecule has 0 spiro atoms. The summed E-state index contributed by atoms with van der Waals surface area (Å²) in [4.78, 5) is 24.4. The van der Waals surface area contributed by atoms with Gasteiger partial charge in [0.2, 0.25) is 0 Å². The Balaban J connectivity index is 2.14. The molecule has 2 amide bonds. The minimum atomic E-state index is -0.314. The van der Waals surface area contributed by atoms with Gasteiger partial charge in [-0.3, -0.25) is 9.59 Å². The quantitative estimate of drug-likeness (QED) is 0.301. The van der Waals surface area contributed by atoms with E-state index in [1.807, 2.05) is 13.0 Å². The van der Waals surface area contributed by atoms with Crippen LogP contribution in [-0.2, 0) is 4.79 Å². The van der Waals surface area contributed by atoms with Gasteiger partial charge in [0.05, 0.1) is 5.70 Å². The van der Waals surface area contributed by atoms with Crippen LogP contribution in [0.25, 0.3) is 5.70 Å². The van der Waals surface area contributed by atoms with Gasteiger partial charge in [0.15, 0.2) is 0 Å². The molecule has 0 aromatic heterocycles. The molecule has 0 bridgehead atoms. The Bertz CT molecular complexity index is 811. The summed E-state index contributed by atoms with van der Waals surface area (Å²) in [6.45, 7) is 6.71. The lowest BCUT2D eigenvalue weighted by atomic mass is 10.0. The van der Waals surface area contributed by atoms with Gasteiger partial charge in [-0.15, -0.1) is 9.24 Å². The van der Waals surface area contributed by atoms with Gasteiger partial charge in [-0.2, -0.15) is 0 Å². The molecular formula is C21H31N4O2P. The fourth-order valence-electron chi connectivity index (χ4n) is 2.59. The molecular weight excluding hydrogens is 371 g/mol. The molecule has 2 rings (SSSR count). The summed E-state index contributed by atoms with van der Waals surface area (Å²) >= 11 is 0. The van der Waals surface area contributed by atoms with Gasteiger partial charge in [-0.1, -0.05) is 13.8 Å². The van der Waals surface area contributed by atoms with E-state index in [0.29, 0.717) is 23.7 Å². The third-order valence-electron chi connectivity index (χ3n) is 4.65. The Morgan fingerprint density at radius 2 is 1.93 bits per heavy atom. The Morgan fingerprint density at radius 1 is 1.25 bits per heavy atom. The molecule has 0 saturated heterocycles. The van der Waals surface area contributed by atoms with E-state index in [-0.39, 0.29) is 23.6 Å². The zero-order valence-corrected chi connectivity index (χ0v) is 18.0. The first kappa shape index (κ1) is 22.0. The molecule has 1 aromatic rings. The Hall–Kier alpha value is -2.33. The Morgan fingerprint density at radius 3 is 2.54 bits per heavy atom. The van der Waals surface area contributed by atoms with Crippen molar-refractivity contribution in [2.24, 2.45) is 17.4 Å². The number of benzene rings is 1. The van der Waals surface area contributed by atoms with Crippen LogP contribution in [0.5, 0.6) is 0 Å². The molecule has 0 aliphatic heterocycles. The van der Waals surface area contributed by atoms with Crippen molar-refractivity contribution in [3.8, 4) is 0 Å². The first-order valence-corrected chi connectivity index (χ1v) is 10.2. The molecule has 28 heavy (non-hydrogen) atoms. The van der Waals surface area contributed by atoms with Crippen LogP contribution in [0, 0.1) is 12.8 Å². The standard InChI is InChI=1S/C21H31N4O2P/c1-12(2)8-9-24-21(27)18(23)7-6-17(22)16-10-14(11-19(28)13(16)3)20(26)25-15-4-5-15/h6-7,10-12,15H,4-5,8-9,22-23,28H2,1-3H3,(H,24,27)(H,25,26)/b17-6-,18-7-. The zero-order valence-electron chi connectivity index (χ0n) is 16.8. The van der Waals surface area contributed by atoms with Gasteiger partial charge in [0.1, 0.15) is 0 Å². The maximum atomic E-state index is 12.4. The first-order valence-electron chi connectivity index (χ1n) is 9.61. The fraction of sp³-hybridized carbons (Fsp3) is 0.429. The normalized spacial score (nSPS) is 14.9. The van der Waals surface area contributed by atoms with E-state index >= 15 is 0 Å². The van der Waals surface area contributed by atoms with Crippen LogP contribution in [0.15, 0.2) is 30.0 Å². The van der Waals surface area contributed by atoms with Crippen molar-refractivity contribution in [1.82, 2.24) is 10.6 Å². The topological polar surface area (TPSA) is 110 Å². The summed E-state index contributed by atoms with van der Waals surface area (Å²) in [5.74, 6) is 0.0973. The lowest BCUT2D eigenvalue weighted by Gasteiger charge is -2.12. The van der Waals surface area contributed by atoms with Crippen LogP contribution in [0.1, 0.15) is 54.6 Å². The molecule has 1 saturated carbocycles. The van der Waals surface area contributed by atoms with Gasteiger partial charge < -0.3 is 22.1 Å². The summed E-state index contributed by atoms with van der Waals surface area (Å²) in [6.07, 6.45) is 6.06. The first-order chi connectivity index (χ1) is 13.2. The average Bonchev–Trinajstić information content (AvgIpc) is 3.44. The number of hydrogen-bond donors (Lipinski definition) is 4. The Labute approximate surface area is 169 Å². The SMILES string of the molecule is Cc1c(P)cc(C(=O)NC2CC2)cc1/C(N)=C/C=C(\N)C(=O)NCCC(C)C. The molecule has 6 nitrogen and oxygen atoms in total. The summed E-state index contributed by atoms with van der Waals surface area (Å²) in [6, 6.07) is 3.90. The molecule has 1 aliphatic rings. The second-order valence-electron chi connectivity index (χ2n) is 7.67. The molecule has 1 unspecified atom stereocenters. The molecule has 152 valence electrons. The molecule has 1 atom stereocenters. The third-order valence-corrected chi connectivity index (χ3v) is 5.25. The number of amides is 2. The van der Waals surface area contributed by atoms with Crippen molar-refractivity contribution in [1.29, 1.82) is 0 Å². The second-order valence-corrected chi connectivity index (χ2v) is 8.29. The molecule has 0 radical (unpaired) electrons. The largest absolute Gasteiger partial charge is 0.398 e. The molecule has 1 aliphatic carbocycles. The smallest absolute Gasteiger partial charge is 0.267 e. The number of nitrogens with one attached hydrogen (secondary N) is 2. The van der Waals surface area contributed by atoms with Gasteiger partial charge >= 0.3 is 0 Å². The van der Waals surface area contributed by atoms with Crippen molar-refractivity contribution in [2.75, 3.05) is 6.54 Å². The highest BCUT2D eigenvalue weighted by Gasteiger charge is 2.24. The van der Waals surface area contributed by atoms with Crippen molar-refractivity contribution in [3.05, 3.63) is 46.7 Å². The van der Waals surface area contributed by atoms with Crippen LogP contribution in [0.3, 0.4) is 0 Å². The number of carbonyl (C=O) groups is 2. The van der Waals surface area contributed by atoms with Crippen LogP contribution in [-0.4, -0.2) is 24.4 Å². The second kappa shape index (κ2) is 9.74. The highest BCUT2D eigenvalue weighted by Crippen LogP contribution is 2.21. The van der Waals surface area contributed by atoms with E-state index in [0.717, 1.165) is 35.7 Å². The summed E-state index contributed by atoms with van der Waals surface area (Å²) in [5.41, 5.74) is 14.9. The van der Waals surface area contributed by atoms with E-state index in [1.165, 1.54) is 6.08 Å². The van der Waals surface area contributed by atoms with Gasteiger partial charge in [0.25, 0.3) is 11.8 Å². The lowest BCUT2D eigenvalue weighted by Crippen LogP contribution is -2.29. The van der Waals surface area contributed by atoms with Crippen LogP contribution in [0.2, 0.25) is 0 Å². The third kappa shape index (κ3) is 6.38. The van der Waals surface area contributed by atoms with Gasteiger partial charge in [0, 0.05) is 29.4 Å². The van der Waals surface area contributed by atoms with Crippen LogP contribution < -0.4 is 27.4 Å². The number of rotatable bonds is 8. The zero-order chi connectivity index (χ0) is 20.8. The predicted octanol–water partition coefficient (Wildman–Crippen LogP) is 1.69. The molecule has 0 heterocycles. The number of carbonyl (C=O) groups excluding carboxylic acids is 2. The van der Waals surface area contributed by atoms with E-state index < -0.39 is 0 Å². The Kier molecular flexibility index (Phi) is 7.64. The monoisotopic (exact) mass is 402 g/mol. The maximum Gasteiger partial charge on any atom is 0.267 e. The van der Waals surface area contributed by atoms with E-state index in [2.05, 4.69) is 33.7 Å². The van der Waals surface area contributed by atoms with Crippen LogP contribution in [0.4, 0.5) is 0 Å². The predicted molar refractivity (Wildman–Crippen MR) is 118 cm³/mol. The minimum absolute atomic E-state index is 0.0955.